The summed E-state index contributed by atoms with van der Waals surface area (Å²) in [6.45, 7) is 12.1. The van der Waals surface area contributed by atoms with Crippen molar-refractivity contribution < 1.29 is 9.59 Å². The second-order valence-electron chi connectivity index (χ2n) is 12.7. The number of carbonyl (C=O) groups excluding carboxylic acids is 2. The molecule has 1 aromatic rings. The molecule has 2 aliphatic carbocycles. The Morgan fingerprint density at radius 1 is 1.11 bits per heavy atom. The van der Waals surface area contributed by atoms with E-state index < -0.39 is 0 Å². The lowest BCUT2D eigenvalue weighted by molar-refractivity contribution is -0.137. The first-order valence-corrected chi connectivity index (χ1v) is 14.9. The molecule has 4 aliphatic rings. The second-order valence-corrected chi connectivity index (χ2v) is 14.0. The van der Waals surface area contributed by atoms with Crippen LogP contribution in [-0.4, -0.2) is 75.6 Å². The molecule has 3 atom stereocenters. The zero-order valence-corrected chi connectivity index (χ0v) is 23.7. The number of anilines is 1. The predicted molar refractivity (Wildman–Crippen MR) is 144 cm³/mol. The third-order valence-corrected chi connectivity index (χ3v) is 9.69. The molecule has 4 fully saturated rings. The Morgan fingerprint density at radius 3 is 2.58 bits per heavy atom. The van der Waals surface area contributed by atoms with E-state index in [0.29, 0.717) is 34.6 Å². The molecule has 0 spiro atoms. The number of halogens is 1. The van der Waals surface area contributed by atoms with E-state index in [-0.39, 0.29) is 28.7 Å². The van der Waals surface area contributed by atoms with Crippen LogP contribution < -0.4 is 4.90 Å². The molecule has 2 saturated carbocycles. The summed E-state index contributed by atoms with van der Waals surface area (Å²) >= 11 is 7.76. The van der Waals surface area contributed by atoms with Gasteiger partial charge in [0.25, 0.3) is 0 Å². The molecule has 9 heteroatoms. The third-order valence-electron chi connectivity index (χ3n) is 8.66. The summed E-state index contributed by atoms with van der Waals surface area (Å²) in [4.78, 5) is 41.7. The van der Waals surface area contributed by atoms with Crippen molar-refractivity contribution in [3.63, 3.8) is 0 Å². The van der Waals surface area contributed by atoms with Gasteiger partial charge in [-0.1, -0.05) is 57.0 Å². The average molecular weight is 534 g/mol. The molecule has 7 nitrogen and oxygen atoms in total. The standard InChI is InChI=1S/C27H40ClN5O2S/c1-18-14-31(9-10-32(18)24(35)19-7-5-6-8-19)22-11-21(28)29-25(30-22)36-15-23(34)33-17-27(4)13-20(33)12-26(2,3)16-27/h11,18-20H,5-10,12-17H2,1-4H3. The number of hydrogen-bond donors (Lipinski definition) is 0. The molecular weight excluding hydrogens is 494 g/mol. The highest BCUT2D eigenvalue weighted by atomic mass is 35.5. The highest BCUT2D eigenvalue weighted by Gasteiger charge is 2.50. The van der Waals surface area contributed by atoms with Gasteiger partial charge in [-0.25, -0.2) is 9.97 Å². The van der Waals surface area contributed by atoms with Crippen molar-refractivity contribution in [2.24, 2.45) is 16.7 Å². The van der Waals surface area contributed by atoms with Crippen molar-refractivity contribution in [1.82, 2.24) is 19.8 Å². The van der Waals surface area contributed by atoms with Gasteiger partial charge in [0.15, 0.2) is 5.16 Å². The fourth-order valence-electron chi connectivity index (χ4n) is 7.47. The highest BCUT2D eigenvalue weighted by molar-refractivity contribution is 7.99. The summed E-state index contributed by atoms with van der Waals surface area (Å²) in [6.07, 6.45) is 7.75. The van der Waals surface area contributed by atoms with E-state index in [9.17, 15) is 9.59 Å². The highest BCUT2D eigenvalue weighted by Crippen LogP contribution is 2.52. The predicted octanol–water partition coefficient (Wildman–Crippen LogP) is 4.88. The lowest BCUT2D eigenvalue weighted by atomic mass is 9.65. The minimum Gasteiger partial charge on any atom is -0.353 e. The average Bonchev–Trinajstić information content (AvgIpc) is 3.42. The van der Waals surface area contributed by atoms with Gasteiger partial charge in [-0.05, 0) is 49.9 Å². The zero-order chi connectivity index (χ0) is 25.7. The molecule has 0 N–H and O–H groups in total. The lowest BCUT2D eigenvalue weighted by Gasteiger charge is -2.41. The maximum absolute atomic E-state index is 13.2. The number of carbonyl (C=O) groups is 2. The Bertz CT molecular complexity index is 1020. The van der Waals surface area contributed by atoms with Crippen LogP contribution in [0.2, 0.25) is 5.15 Å². The maximum Gasteiger partial charge on any atom is 0.233 e. The number of amides is 2. The van der Waals surface area contributed by atoms with Crippen LogP contribution in [0.5, 0.6) is 0 Å². The summed E-state index contributed by atoms with van der Waals surface area (Å²) in [6, 6.07) is 2.26. The molecule has 2 amide bonds. The lowest BCUT2D eigenvalue weighted by Crippen LogP contribution is -2.55. The summed E-state index contributed by atoms with van der Waals surface area (Å²) in [5.74, 6) is 1.79. The number of aromatic nitrogens is 2. The van der Waals surface area contributed by atoms with Gasteiger partial charge in [0.1, 0.15) is 11.0 Å². The minimum absolute atomic E-state index is 0.124. The van der Waals surface area contributed by atoms with Crippen LogP contribution in [0, 0.1) is 16.7 Å². The van der Waals surface area contributed by atoms with Gasteiger partial charge in [0.2, 0.25) is 11.8 Å². The van der Waals surface area contributed by atoms with Crippen molar-refractivity contribution in [1.29, 1.82) is 0 Å². The molecule has 36 heavy (non-hydrogen) atoms. The normalized spacial score (nSPS) is 30.2. The van der Waals surface area contributed by atoms with Crippen molar-refractivity contribution in [3.05, 3.63) is 11.2 Å². The molecule has 1 aromatic heterocycles. The van der Waals surface area contributed by atoms with Crippen molar-refractivity contribution in [3.8, 4) is 0 Å². The Hall–Kier alpha value is -1.54. The number of nitrogens with zero attached hydrogens (tertiary/aromatic N) is 5. The van der Waals surface area contributed by atoms with E-state index in [4.69, 9.17) is 16.6 Å². The first-order valence-electron chi connectivity index (χ1n) is 13.5. The maximum atomic E-state index is 13.2. The molecule has 3 heterocycles. The Morgan fingerprint density at radius 2 is 1.86 bits per heavy atom. The number of piperazine rings is 1. The summed E-state index contributed by atoms with van der Waals surface area (Å²) in [5.41, 5.74) is 0.512. The van der Waals surface area contributed by atoms with E-state index in [1.54, 1.807) is 6.07 Å². The molecule has 0 radical (unpaired) electrons. The molecule has 0 aromatic carbocycles. The number of hydrogen-bond acceptors (Lipinski definition) is 6. The molecule has 198 valence electrons. The van der Waals surface area contributed by atoms with Gasteiger partial charge in [-0.3, -0.25) is 9.59 Å². The van der Waals surface area contributed by atoms with Crippen LogP contribution >= 0.6 is 23.4 Å². The van der Waals surface area contributed by atoms with Crippen molar-refractivity contribution >= 4 is 41.0 Å². The summed E-state index contributed by atoms with van der Waals surface area (Å²) in [5, 5.41) is 0.926. The molecule has 2 bridgehead atoms. The minimum atomic E-state index is 0.124. The number of likely N-dealkylation sites (tertiary alicyclic amines) is 1. The summed E-state index contributed by atoms with van der Waals surface area (Å²) < 4.78 is 0. The van der Waals surface area contributed by atoms with Crippen LogP contribution in [-0.2, 0) is 9.59 Å². The molecule has 5 rings (SSSR count). The van der Waals surface area contributed by atoms with Crippen LogP contribution in [0.1, 0.15) is 72.6 Å². The van der Waals surface area contributed by atoms with Gasteiger partial charge < -0.3 is 14.7 Å². The number of thioether (sulfide) groups is 1. The zero-order valence-electron chi connectivity index (χ0n) is 22.1. The monoisotopic (exact) mass is 533 g/mol. The Balaban J connectivity index is 1.20. The fraction of sp³-hybridized carbons (Fsp3) is 0.778. The molecule has 2 aliphatic heterocycles. The topological polar surface area (TPSA) is 69.6 Å². The summed E-state index contributed by atoms with van der Waals surface area (Å²) in [7, 11) is 0. The number of fused-ring (bicyclic) bond motifs is 2. The van der Waals surface area contributed by atoms with Crippen LogP contribution in [0.25, 0.3) is 0 Å². The van der Waals surface area contributed by atoms with Crippen molar-refractivity contribution in [2.75, 3.05) is 36.8 Å². The number of rotatable bonds is 5. The van der Waals surface area contributed by atoms with Crippen molar-refractivity contribution in [2.45, 2.75) is 89.9 Å². The quantitative estimate of drug-likeness (QED) is 0.305. The fourth-order valence-corrected chi connectivity index (χ4v) is 8.44. The third kappa shape index (κ3) is 5.50. The van der Waals surface area contributed by atoms with Gasteiger partial charge in [-0.15, -0.1) is 0 Å². The Kier molecular flexibility index (Phi) is 7.22. The largest absolute Gasteiger partial charge is 0.353 e. The van der Waals surface area contributed by atoms with E-state index in [1.807, 2.05) is 0 Å². The van der Waals surface area contributed by atoms with Crippen LogP contribution in [0.3, 0.4) is 0 Å². The van der Waals surface area contributed by atoms with E-state index >= 15 is 0 Å². The van der Waals surface area contributed by atoms with Gasteiger partial charge in [-0.2, -0.15) is 0 Å². The van der Waals surface area contributed by atoms with Crippen LogP contribution in [0.15, 0.2) is 11.2 Å². The second kappa shape index (κ2) is 9.97. The first kappa shape index (κ1) is 26.1. The van der Waals surface area contributed by atoms with Crippen LogP contribution in [0.4, 0.5) is 5.82 Å². The molecule has 3 unspecified atom stereocenters. The van der Waals surface area contributed by atoms with Gasteiger partial charge in [0, 0.05) is 50.2 Å². The van der Waals surface area contributed by atoms with E-state index in [0.717, 1.165) is 51.1 Å². The Labute approximate surface area is 224 Å². The molecule has 2 saturated heterocycles. The van der Waals surface area contributed by atoms with Gasteiger partial charge >= 0.3 is 0 Å². The SMILES string of the molecule is CC1CN(c2cc(Cl)nc(SCC(=O)N3CC4(C)CC3CC(C)(C)C4)n2)CCN1C(=O)C1CCCC1. The smallest absolute Gasteiger partial charge is 0.233 e. The first-order chi connectivity index (χ1) is 17.0. The van der Waals surface area contributed by atoms with E-state index in [2.05, 4.69) is 47.4 Å². The van der Waals surface area contributed by atoms with Gasteiger partial charge in [0.05, 0.1) is 5.75 Å². The van der Waals surface area contributed by atoms with E-state index in [1.165, 1.54) is 31.0 Å². The molecular formula is C27H40ClN5O2S.